The molecule has 0 aliphatic carbocycles. The average Bonchev–Trinajstić information content (AvgIpc) is 3.57. The summed E-state index contributed by atoms with van der Waals surface area (Å²) in [6.45, 7) is 2.76. The van der Waals surface area contributed by atoms with Crippen LogP contribution in [0.4, 0.5) is 5.95 Å². The van der Waals surface area contributed by atoms with Crippen LogP contribution in [0.2, 0.25) is 0 Å². The number of ether oxygens (including phenoxy) is 3. The van der Waals surface area contributed by atoms with E-state index in [0.29, 0.717) is 23.7 Å². The zero-order valence-corrected chi connectivity index (χ0v) is 27.0. The molecule has 1 fully saturated rings. The largest absolute Gasteiger partial charge is 0.476 e. The van der Waals surface area contributed by atoms with Gasteiger partial charge in [-0.3, -0.25) is 13.9 Å². The number of cyclic esters (lactones) is 1. The number of aliphatic hydroxyl groups excluding tert-OH is 1. The number of nitrogens with zero attached hydrogens (tertiary/aromatic N) is 4. The lowest BCUT2D eigenvalue weighted by atomic mass is 9.96. The number of anilines is 1. The number of fused-ring (bicyclic) bond motifs is 4. The summed E-state index contributed by atoms with van der Waals surface area (Å²) in [5.74, 6) is 0.0440. The Morgan fingerprint density at radius 1 is 1.11 bits per heavy atom. The molecule has 2 aliphatic rings. The standard InChI is InChI=1S/C31H37N6O9P/c1-19-28(39)43-16-9-5-4-8-15-42-27-24-26(34-30(32-3)35-27)37(18-33-24)29-31(2,40)25(38)23(45-29)17-44-47(41,36-19)46-22-14-10-12-20-11-6-7-13-21(20)22/h4-7,10-14,18-19,23,25,29,38,40H,8-9,15-17H2,1-3H3,(H,36,41)(H,32,34,35)/t19-,23?,25+,29?,31+,47?/m0/s1. The third kappa shape index (κ3) is 6.82. The molecule has 2 aromatic heterocycles. The summed E-state index contributed by atoms with van der Waals surface area (Å²) in [6, 6.07) is 11.5. The van der Waals surface area contributed by atoms with Crippen LogP contribution in [-0.4, -0.2) is 86.4 Å². The summed E-state index contributed by atoms with van der Waals surface area (Å²) in [5.41, 5.74) is -1.26. The van der Waals surface area contributed by atoms with Crippen LogP contribution >= 0.6 is 7.75 Å². The van der Waals surface area contributed by atoms with Crippen molar-refractivity contribution in [3.8, 4) is 11.6 Å². The number of carbonyl (C=O) groups is 1. The third-order valence-corrected chi connectivity index (χ3v) is 9.55. The second-order valence-corrected chi connectivity index (χ2v) is 13.1. The van der Waals surface area contributed by atoms with Gasteiger partial charge in [0.25, 0.3) is 0 Å². The van der Waals surface area contributed by atoms with E-state index in [9.17, 15) is 19.6 Å². The smallest absolute Gasteiger partial charge is 0.459 e. The average molecular weight is 669 g/mol. The van der Waals surface area contributed by atoms with Crippen molar-refractivity contribution in [2.24, 2.45) is 0 Å². The lowest BCUT2D eigenvalue weighted by molar-refractivity contribution is -0.145. The van der Waals surface area contributed by atoms with Crippen LogP contribution in [0.15, 0.2) is 60.9 Å². The van der Waals surface area contributed by atoms with E-state index in [2.05, 4.69) is 25.4 Å². The number of nitrogens with one attached hydrogen (secondary N) is 2. The molecule has 0 amide bonds. The number of carbonyl (C=O) groups excluding carboxylic acids is 1. The molecule has 4 heterocycles. The van der Waals surface area contributed by atoms with Crippen molar-refractivity contribution < 1.29 is 42.8 Å². The van der Waals surface area contributed by atoms with E-state index in [4.69, 9.17) is 23.3 Å². The fourth-order valence-electron chi connectivity index (χ4n) is 5.42. The van der Waals surface area contributed by atoms with Crippen LogP contribution in [0.3, 0.4) is 0 Å². The molecule has 0 saturated carbocycles. The predicted molar refractivity (Wildman–Crippen MR) is 171 cm³/mol. The van der Waals surface area contributed by atoms with Crippen LogP contribution in [0.5, 0.6) is 11.6 Å². The van der Waals surface area contributed by atoms with E-state index >= 15 is 0 Å². The van der Waals surface area contributed by atoms with Crippen molar-refractivity contribution in [3.63, 3.8) is 0 Å². The van der Waals surface area contributed by atoms with Crippen molar-refractivity contribution in [1.82, 2.24) is 24.6 Å². The molecule has 2 aliphatic heterocycles. The van der Waals surface area contributed by atoms with E-state index < -0.39 is 50.4 Å². The Bertz CT molecular complexity index is 1830. The number of hydrogen-bond acceptors (Lipinski definition) is 13. The summed E-state index contributed by atoms with van der Waals surface area (Å²) in [6.07, 6.45) is 2.25. The van der Waals surface area contributed by atoms with Crippen LogP contribution in [0, 0.1) is 0 Å². The van der Waals surface area contributed by atoms with Crippen molar-refractivity contribution >= 4 is 41.6 Å². The van der Waals surface area contributed by atoms with E-state index in [-0.39, 0.29) is 36.4 Å². The van der Waals surface area contributed by atoms with E-state index in [0.717, 1.165) is 5.39 Å². The number of hydrogen-bond donors (Lipinski definition) is 4. The number of benzene rings is 2. The van der Waals surface area contributed by atoms with Gasteiger partial charge in [-0.2, -0.15) is 15.1 Å². The van der Waals surface area contributed by atoms with E-state index in [1.54, 1.807) is 25.2 Å². The molecular weight excluding hydrogens is 631 g/mol. The Labute approximate surface area is 270 Å². The SMILES string of the molecule is CNc1nc2c3ncn(c3n1)C1OC(COP(=O)(Oc3cccc4ccccc34)N[C@@H](C)C(=O)OCCC=CCCO2)[C@@H](O)[C@@]1(C)O. The van der Waals surface area contributed by atoms with Gasteiger partial charge in [-0.15, -0.1) is 0 Å². The van der Waals surface area contributed by atoms with Gasteiger partial charge in [0.1, 0.15) is 29.6 Å². The summed E-state index contributed by atoms with van der Waals surface area (Å²) in [4.78, 5) is 26.2. The minimum atomic E-state index is -4.36. The fraction of sp³-hybridized carbons (Fsp3) is 0.419. The fourth-order valence-corrected chi connectivity index (χ4v) is 6.94. The normalized spacial score (nSPS) is 29.3. The summed E-state index contributed by atoms with van der Waals surface area (Å²) < 4.78 is 45.1. The predicted octanol–water partition coefficient (Wildman–Crippen LogP) is 3.48. The van der Waals surface area contributed by atoms with Gasteiger partial charge in [-0.1, -0.05) is 48.6 Å². The highest BCUT2D eigenvalue weighted by molar-refractivity contribution is 7.52. The van der Waals surface area contributed by atoms with Crippen LogP contribution < -0.4 is 19.7 Å². The Hall–Kier alpha value is -4.11. The summed E-state index contributed by atoms with van der Waals surface area (Å²) in [7, 11) is -2.70. The monoisotopic (exact) mass is 668 g/mol. The van der Waals surface area contributed by atoms with Crippen LogP contribution in [0.1, 0.15) is 32.9 Å². The van der Waals surface area contributed by atoms with Gasteiger partial charge >= 0.3 is 13.7 Å². The Kier molecular flexibility index (Phi) is 9.46. The van der Waals surface area contributed by atoms with Gasteiger partial charge in [0.15, 0.2) is 17.4 Å². The highest BCUT2D eigenvalue weighted by atomic mass is 31.2. The molecule has 4 N–H and O–H groups in total. The second-order valence-electron chi connectivity index (χ2n) is 11.4. The number of aromatic nitrogens is 4. The zero-order chi connectivity index (χ0) is 33.2. The molecule has 4 aromatic rings. The molecule has 15 nitrogen and oxygen atoms in total. The van der Waals surface area contributed by atoms with Crippen molar-refractivity contribution in [2.75, 3.05) is 32.2 Å². The minimum absolute atomic E-state index is 0.0889. The lowest BCUT2D eigenvalue weighted by Gasteiger charge is -2.27. The summed E-state index contributed by atoms with van der Waals surface area (Å²) >= 11 is 0. The second kappa shape index (κ2) is 13.6. The first-order chi connectivity index (χ1) is 22.6. The van der Waals surface area contributed by atoms with E-state index in [1.807, 2.05) is 36.4 Å². The van der Waals surface area contributed by atoms with E-state index in [1.165, 1.54) is 24.7 Å². The third-order valence-electron chi connectivity index (χ3n) is 7.92. The molecule has 1 saturated heterocycles. The van der Waals surface area contributed by atoms with Gasteiger partial charge in [0.05, 0.1) is 26.1 Å². The van der Waals surface area contributed by atoms with Gasteiger partial charge in [0.2, 0.25) is 11.8 Å². The molecular formula is C31H37N6O9P. The molecule has 250 valence electrons. The minimum Gasteiger partial charge on any atom is -0.476 e. The molecule has 3 unspecified atom stereocenters. The molecule has 2 aromatic carbocycles. The highest BCUT2D eigenvalue weighted by Crippen LogP contribution is 2.48. The molecule has 0 radical (unpaired) electrons. The maximum Gasteiger partial charge on any atom is 0.459 e. The molecule has 6 rings (SSSR count). The number of esters is 1. The molecule has 6 atom stereocenters. The Balaban J connectivity index is 1.35. The molecule has 16 heteroatoms. The number of imidazole rings is 1. The zero-order valence-electron chi connectivity index (χ0n) is 26.1. The first-order valence-corrected chi connectivity index (χ1v) is 16.8. The molecule has 47 heavy (non-hydrogen) atoms. The van der Waals surface area contributed by atoms with Gasteiger partial charge in [0, 0.05) is 12.4 Å². The Morgan fingerprint density at radius 2 is 1.85 bits per heavy atom. The number of rotatable bonds is 3. The van der Waals surface area contributed by atoms with Crippen molar-refractivity contribution in [2.45, 2.75) is 56.8 Å². The quantitative estimate of drug-likeness (QED) is 0.141. The maximum absolute atomic E-state index is 14.4. The lowest BCUT2D eigenvalue weighted by Crippen LogP contribution is -2.44. The topological polar surface area (TPSA) is 188 Å². The van der Waals surface area contributed by atoms with Crippen molar-refractivity contribution in [3.05, 3.63) is 60.9 Å². The van der Waals surface area contributed by atoms with Crippen LogP contribution in [-0.2, 0) is 23.4 Å². The highest BCUT2D eigenvalue weighted by Gasteiger charge is 2.54. The molecule has 6 bridgehead atoms. The summed E-state index contributed by atoms with van der Waals surface area (Å²) in [5, 5.41) is 29.8. The first-order valence-electron chi connectivity index (χ1n) is 15.2. The maximum atomic E-state index is 14.4. The Morgan fingerprint density at radius 3 is 2.64 bits per heavy atom. The van der Waals surface area contributed by atoms with Gasteiger partial charge in [-0.05, 0) is 38.1 Å². The molecule has 0 spiro atoms. The van der Waals surface area contributed by atoms with Gasteiger partial charge < -0.3 is 34.3 Å². The first kappa shape index (κ1) is 32.8. The number of aliphatic hydroxyl groups is 2. The van der Waals surface area contributed by atoms with Gasteiger partial charge in [-0.25, -0.2) is 9.55 Å². The van der Waals surface area contributed by atoms with Crippen LogP contribution in [0.25, 0.3) is 21.9 Å². The van der Waals surface area contributed by atoms with Crippen molar-refractivity contribution in [1.29, 1.82) is 0 Å².